The van der Waals surface area contributed by atoms with Gasteiger partial charge in [-0.2, -0.15) is 0 Å². The molecule has 2 amide bonds. The molecule has 2 rings (SSSR count). The van der Waals surface area contributed by atoms with E-state index >= 15 is 0 Å². The molecule has 0 bridgehead atoms. The first kappa shape index (κ1) is 20.7. The van der Waals surface area contributed by atoms with Crippen molar-refractivity contribution in [1.82, 2.24) is 4.90 Å². The Hall–Kier alpha value is -1.30. The van der Waals surface area contributed by atoms with Gasteiger partial charge in [0.1, 0.15) is 0 Å². The highest BCUT2D eigenvalue weighted by molar-refractivity contribution is 6.34. The molecule has 3 N–H and O–H groups in total. The zero-order valence-corrected chi connectivity index (χ0v) is 15.8. The number of rotatable bonds is 3. The molecule has 0 saturated carbocycles. The lowest BCUT2D eigenvalue weighted by molar-refractivity contribution is -0.120. The molecule has 1 unspecified atom stereocenters. The Morgan fingerprint density at radius 2 is 2.00 bits per heavy atom. The zero-order valence-electron chi connectivity index (χ0n) is 14.3. The first-order chi connectivity index (χ1) is 10.7. The monoisotopic (exact) mass is 373 g/mol. The van der Waals surface area contributed by atoms with Crippen LogP contribution in [0.25, 0.3) is 0 Å². The number of halogens is 2. The zero-order chi connectivity index (χ0) is 17.2. The van der Waals surface area contributed by atoms with Crippen molar-refractivity contribution in [2.24, 2.45) is 5.73 Å². The number of benzene rings is 1. The summed E-state index contributed by atoms with van der Waals surface area (Å²) in [7, 11) is 0. The summed E-state index contributed by atoms with van der Waals surface area (Å²) >= 11 is 6.26. The highest BCUT2D eigenvalue weighted by Gasteiger charge is 2.26. The lowest BCUT2D eigenvalue weighted by Gasteiger charge is -2.33. The maximum absolute atomic E-state index is 12.7. The third-order valence-corrected chi connectivity index (χ3v) is 4.42. The molecule has 0 radical (unpaired) electrons. The molecule has 7 heteroatoms. The molecule has 0 spiro atoms. The molecule has 0 aliphatic carbocycles. The van der Waals surface area contributed by atoms with Crippen LogP contribution in [0.15, 0.2) is 18.2 Å². The van der Waals surface area contributed by atoms with Crippen LogP contribution in [-0.4, -0.2) is 34.8 Å². The molecule has 1 aromatic carbocycles. The van der Waals surface area contributed by atoms with Gasteiger partial charge in [-0.05, 0) is 58.2 Å². The molecule has 1 aliphatic rings. The van der Waals surface area contributed by atoms with Gasteiger partial charge in [0.2, 0.25) is 5.91 Å². The van der Waals surface area contributed by atoms with Crippen molar-refractivity contribution < 1.29 is 9.59 Å². The summed E-state index contributed by atoms with van der Waals surface area (Å²) in [6, 6.07) is 5.15. The highest BCUT2D eigenvalue weighted by atomic mass is 35.5. The van der Waals surface area contributed by atoms with E-state index in [9.17, 15) is 9.59 Å². The predicted octanol–water partition coefficient (Wildman–Crippen LogP) is 3.45. The van der Waals surface area contributed by atoms with Gasteiger partial charge in [0.25, 0.3) is 5.91 Å². The van der Waals surface area contributed by atoms with Crippen LogP contribution in [0.2, 0.25) is 5.02 Å². The van der Waals surface area contributed by atoms with E-state index in [-0.39, 0.29) is 30.3 Å². The molecule has 134 valence electrons. The van der Waals surface area contributed by atoms with Crippen molar-refractivity contribution in [3.8, 4) is 0 Å². The van der Waals surface area contributed by atoms with E-state index in [4.69, 9.17) is 17.3 Å². The number of piperidine rings is 1. The molecular weight excluding hydrogens is 349 g/mol. The van der Waals surface area contributed by atoms with Crippen LogP contribution in [0, 0.1) is 0 Å². The second-order valence-electron chi connectivity index (χ2n) is 6.71. The fourth-order valence-corrected chi connectivity index (χ4v) is 2.87. The van der Waals surface area contributed by atoms with Crippen molar-refractivity contribution in [2.75, 3.05) is 11.9 Å². The van der Waals surface area contributed by atoms with Gasteiger partial charge < -0.3 is 16.0 Å². The van der Waals surface area contributed by atoms with E-state index in [0.29, 0.717) is 16.3 Å². The van der Waals surface area contributed by atoms with E-state index in [2.05, 4.69) is 12.2 Å². The Kier molecular flexibility index (Phi) is 7.08. The lowest BCUT2D eigenvalue weighted by atomic mass is 10.0. The topological polar surface area (TPSA) is 75.4 Å². The summed E-state index contributed by atoms with van der Waals surface area (Å²) in [5.74, 6) is -0.364. The molecule has 1 atom stereocenters. The maximum Gasteiger partial charge on any atom is 0.255 e. The third-order valence-electron chi connectivity index (χ3n) is 4.11. The Labute approximate surface area is 154 Å². The van der Waals surface area contributed by atoms with Crippen LogP contribution in [0.4, 0.5) is 5.69 Å². The lowest BCUT2D eigenvalue weighted by Crippen LogP contribution is -2.45. The van der Waals surface area contributed by atoms with Crippen molar-refractivity contribution in [3.63, 3.8) is 0 Å². The first-order valence-electron chi connectivity index (χ1n) is 7.91. The molecule has 1 heterocycles. The van der Waals surface area contributed by atoms with E-state index in [1.54, 1.807) is 32.0 Å². The van der Waals surface area contributed by atoms with Gasteiger partial charge >= 0.3 is 0 Å². The summed E-state index contributed by atoms with van der Waals surface area (Å²) in [6.45, 7) is 6.07. The van der Waals surface area contributed by atoms with Crippen LogP contribution >= 0.6 is 24.0 Å². The second kappa shape index (κ2) is 8.19. The summed E-state index contributed by atoms with van der Waals surface area (Å²) in [4.78, 5) is 26.4. The van der Waals surface area contributed by atoms with Crippen LogP contribution in [0.3, 0.4) is 0 Å². The van der Waals surface area contributed by atoms with Crippen LogP contribution in [-0.2, 0) is 4.79 Å². The Balaban J connectivity index is 0.00000288. The number of anilines is 1. The Morgan fingerprint density at radius 1 is 1.33 bits per heavy atom. The maximum atomic E-state index is 12.7. The second-order valence-corrected chi connectivity index (χ2v) is 7.12. The molecule has 1 saturated heterocycles. The van der Waals surface area contributed by atoms with Crippen molar-refractivity contribution >= 4 is 41.5 Å². The quantitative estimate of drug-likeness (QED) is 0.851. The highest BCUT2D eigenvalue weighted by Crippen LogP contribution is 2.26. The number of carbonyl (C=O) groups excluding carboxylic acids is 2. The number of hydrogen-bond acceptors (Lipinski definition) is 3. The normalized spacial score (nSPS) is 17.9. The number of nitrogens with zero attached hydrogens (tertiary/aromatic N) is 1. The van der Waals surface area contributed by atoms with Gasteiger partial charge in [-0.25, -0.2) is 0 Å². The smallest absolute Gasteiger partial charge is 0.255 e. The van der Waals surface area contributed by atoms with E-state index < -0.39 is 5.54 Å². The first-order valence-corrected chi connectivity index (χ1v) is 8.29. The Morgan fingerprint density at radius 3 is 2.54 bits per heavy atom. The van der Waals surface area contributed by atoms with Gasteiger partial charge in [-0.1, -0.05) is 11.6 Å². The van der Waals surface area contributed by atoms with E-state index in [0.717, 1.165) is 25.8 Å². The van der Waals surface area contributed by atoms with Gasteiger partial charge in [0.15, 0.2) is 0 Å². The van der Waals surface area contributed by atoms with E-state index in [1.807, 2.05) is 4.90 Å². The minimum absolute atomic E-state index is 0. The van der Waals surface area contributed by atoms with Crippen molar-refractivity contribution in [2.45, 2.75) is 51.6 Å². The summed E-state index contributed by atoms with van der Waals surface area (Å²) < 4.78 is 0. The van der Waals surface area contributed by atoms with Crippen molar-refractivity contribution in [1.29, 1.82) is 0 Å². The van der Waals surface area contributed by atoms with Crippen LogP contribution in [0.1, 0.15) is 50.4 Å². The molecule has 0 aromatic heterocycles. The molecular formula is C17H25Cl2N3O2. The average molecular weight is 374 g/mol. The fraction of sp³-hybridized carbons (Fsp3) is 0.529. The average Bonchev–Trinajstić information content (AvgIpc) is 2.46. The molecule has 5 nitrogen and oxygen atoms in total. The van der Waals surface area contributed by atoms with Crippen molar-refractivity contribution in [3.05, 3.63) is 28.8 Å². The SMILES string of the molecule is CC1CCCCN1C(=O)c1ccc(NC(=O)C(C)(C)N)cc1Cl.Cl. The predicted molar refractivity (Wildman–Crippen MR) is 99.9 cm³/mol. The van der Waals surface area contributed by atoms with Crippen LogP contribution < -0.4 is 11.1 Å². The van der Waals surface area contributed by atoms with E-state index in [1.165, 1.54) is 0 Å². The number of amides is 2. The fourth-order valence-electron chi connectivity index (χ4n) is 2.61. The van der Waals surface area contributed by atoms with Gasteiger partial charge in [-0.15, -0.1) is 12.4 Å². The summed E-state index contributed by atoms with van der Waals surface area (Å²) in [6.07, 6.45) is 3.19. The minimum Gasteiger partial charge on any atom is -0.336 e. The largest absolute Gasteiger partial charge is 0.336 e. The van der Waals surface area contributed by atoms with Gasteiger partial charge in [0.05, 0.1) is 16.1 Å². The standard InChI is InChI=1S/C17H24ClN3O2.ClH/c1-11-6-4-5-9-21(11)15(22)13-8-7-12(10-14(13)18)20-16(23)17(2,3)19;/h7-8,10-11H,4-6,9,19H2,1-3H3,(H,20,23);1H. The molecule has 1 aromatic rings. The number of nitrogens with one attached hydrogen (secondary N) is 1. The minimum atomic E-state index is -0.982. The summed E-state index contributed by atoms with van der Waals surface area (Å²) in [5.41, 5.74) is 5.76. The number of carbonyl (C=O) groups is 2. The molecule has 24 heavy (non-hydrogen) atoms. The Bertz CT molecular complexity index is 614. The van der Waals surface area contributed by atoms with Gasteiger partial charge in [-0.3, -0.25) is 9.59 Å². The number of hydrogen-bond donors (Lipinski definition) is 2. The van der Waals surface area contributed by atoms with Crippen LogP contribution in [0.5, 0.6) is 0 Å². The number of nitrogens with two attached hydrogens (primary N) is 1. The number of likely N-dealkylation sites (tertiary alicyclic amines) is 1. The van der Waals surface area contributed by atoms with Gasteiger partial charge in [0, 0.05) is 18.3 Å². The molecule has 1 aliphatic heterocycles. The third kappa shape index (κ3) is 4.85. The summed E-state index contributed by atoms with van der Waals surface area (Å²) in [5, 5.41) is 3.04. The molecule has 1 fully saturated rings.